The quantitative estimate of drug-likeness (QED) is 0.616. The Morgan fingerprint density at radius 2 is 2.40 bits per heavy atom. The van der Waals surface area contributed by atoms with E-state index < -0.39 is 0 Å². The Morgan fingerprint density at radius 3 is 2.70 bits per heavy atom. The topological polar surface area (TPSA) is 51.2 Å². The standard InChI is InChI=1S/C6H10N2OS/c1-8-5(4-9)2-3-6(8)10-7/h2-3,9H,4,7H2,1H3. The second-order valence-electron chi connectivity index (χ2n) is 2.00. The smallest absolute Gasteiger partial charge is 0.0898 e. The summed E-state index contributed by atoms with van der Waals surface area (Å²) >= 11 is 1.18. The van der Waals surface area contributed by atoms with Crippen LogP contribution in [0.15, 0.2) is 17.2 Å². The van der Waals surface area contributed by atoms with E-state index in [4.69, 9.17) is 10.2 Å². The first-order valence-electron chi connectivity index (χ1n) is 2.91. The maximum Gasteiger partial charge on any atom is 0.0898 e. The maximum atomic E-state index is 8.76. The molecule has 1 aromatic rings. The van der Waals surface area contributed by atoms with Crippen molar-refractivity contribution >= 4 is 11.9 Å². The molecule has 10 heavy (non-hydrogen) atoms. The third kappa shape index (κ3) is 1.18. The average molecular weight is 158 g/mol. The number of nitrogens with two attached hydrogens (primary N) is 1. The molecule has 3 nitrogen and oxygen atoms in total. The molecule has 0 saturated carbocycles. The molecule has 1 heterocycles. The molecule has 0 radical (unpaired) electrons. The van der Waals surface area contributed by atoms with Gasteiger partial charge in [-0.05, 0) is 24.1 Å². The Hall–Kier alpha value is -0.450. The summed E-state index contributed by atoms with van der Waals surface area (Å²) in [4.78, 5) is 0. The second-order valence-corrected chi connectivity index (χ2v) is 2.65. The van der Waals surface area contributed by atoms with Crippen molar-refractivity contribution in [2.75, 3.05) is 0 Å². The predicted octanol–water partition coefficient (Wildman–Crippen LogP) is 0.483. The van der Waals surface area contributed by atoms with Crippen molar-refractivity contribution in [1.29, 1.82) is 0 Å². The summed E-state index contributed by atoms with van der Waals surface area (Å²) in [7, 11) is 1.88. The average Bonchev–Trinajstić information content (AvgIpc) is 2.30. The van der Waals surface area contributed by atoms with E-state index in [1.165, 1.54) is 11.9 Å². The lowest BCUT2D eigenvalue weighted by Gasteiger charge is -2.01. The summed E-state index contributed by atoms with van der Waals surface area (Å²) in [5.41, 5.74) is 0.882. The lowest BCUT2D eigenvalue weighted by Crippen LogP contribution is -1.97. The first kappa shape index (κ1) is 7.65. The first-order valence-corrected chi connectivity index (χ1v) is 3.79. The van der Waals surface area contributed by atoms with Gasteiger partial charge in [-0.15, -0.1) is 0 Å². The molecule has 0 aliphatic rings. The van der Waals surface area contributed by atoms with Gasteiger partial charge in [-0.1, -0.05) is 0 Å². The van der Waals surface area contributed by atoms with E-state index >= 15 is 0 Å². The molecule has 0 fully saturated rings. The van der Waals surface area contributed by atoms with Crippen molar-refractivity contribution in [2.24, 2.45) is 12.2 Å². The third-order valence-electron chi connectivity index (χ3n) is 1.46. The van der Waals surface area contributed by atoms with Gasteiger partial charge in [0.15, 0.2) is 0 Å². The second kappa shape index (κ2) is 3.09. The van der Waals surface area contributed by atoms with Crippen LogP contribution in [-0.4, -0.2) is 9.67 Å². The zero-order valence-electron chi connectivity index (χ0n) is 5.74. The number of aromatic nitrogens is 1. The molecule has 1 aromatic heterocycles. The fourth-order valence-corrected chi connectivity index (χ4v) is 1.23. The van der Waals surface area contributed by atoms with Crippen LogP contribution in [0.4, 0.5) is 0 Å². The molecule has 0 aliphatic heterocycles. The Labute approximate surface area is 64.0 Å². The van der Waals surface area contributed by atoms with Crippen molar-refractivity contribution in [2.45, 2.75) is 11.6 Å². The molecule has 0 spiro atoms. The number of aliphatic hydroxyl groups is 1. The van der Waals surface area contributed by atoms with Gasteiger partial charge in [-0.3, -0.25) is 5.14 Å². The highest BCUT2D eigenvalue weighted by molar-refractivity contribution is 7.97. The SMILES string of the molecule is Cn1c(CO)ccc1SN. The Morgan fingerprint density at radius 1 is 1.70 bits per heavy atom. The van der Waals surface area contributed by atoms with Gasteiger partial charge in [0.05, 0.1) is 11.6 Å². The van der Waals surface area contributed by atoms with Gasteiger partial charge in [0.2, 0.25) is 0 Å². The normalized spacial score (nSPS) is 10.3. The summed E-state index contributed by atoms with van der Waals surface area (Å²) in [5, 5.41) is 15.1. The fraction of sp³-hybridized carbons (Fsp3) is 0.333. The zero-order chi connectivity index (χ0) is 7.56. The van der Waals surface area contributed by atoms with Gasteiger partial charge in [-0.2, -0.15) is 0 Å². The molecule has 3 N–H and O–H groups in total. The minimum atomic E-state index is 0.0665. The van der Waals surface area contributed by atoms with Crippen molar-refractivity contribution < 1.29 is 5.11 Å². The van der Waals surface area contributed by atoms with Gasteiger partial charge in [-0.25, -0.2) is 0 Å². The molecule has 0 amide bonds. The van der Waals surface area contributed by atoms with Crippen LogP contribution in [0.5, 0.6) is 0 Å². The van der Waals surface area contributed by atoms with Crippen molar-refractivity contribution in [3.63, 3.8) is 0 Å². The van der Waals surface area contributed by atoms with Gasteiger partial charge < -0.3 is 9.67 Å². The van der Waals surface area contributed by atoms with Crippen LogP contribution in [-0.2, 0) is 13.7 Å². The summed E-state index contributed by atoms with van der Waals surface area (Å²) in [5.74, 6) is 0. The molecule has 0 unspecified atom stereocenters. The molecule has 4 heteroatoms. The number of aliphatic hydroxyl groups excluding tert-OH is 1. The molecule has 0 saturated heterocycles. The first-order chi connectivity index (χ1) is 4.79. The monoisotopic (exact) mass is 158 g/mol. The van der Waals surface area contributed by atoms with Gasteiger partial charge >= 0.3 is 0 Å². The van der Waals surface area contributed by atoms with Crippen LogP contribution < -0.4 is 5.14 Å². The Balaban J connectivity index is 2.97. The van der Waals surface area contributed by atoms with Crippen molar-refractivity contribution in [1.82, 2.24) is 4.57 Å². The highest BCUT2D eigenvalue weighted by Gasteiger charge is 2.00. The van der Waals surface area contributed by atoms with E-state index in [1.54, 1.807) is 0 Å². The molecule has 0 aliphatic carbocycles. The number of nitrogens with zero attached hydrogens (tertiary/aromatic N) is 1. The minimum absolute atomic E-state index is 0.0665. The van der Waals surface area contributed by atoms with Crippen molar-refractivity contribution in [3.05, 3.63) is 17.8 Å². The fourth-order valence-electron chi connectivity index (χ4n) is 0.810. The summed E-state index contributed by atoms with van der Waals surface area (Å²) in [6.07, 6.45) is 0. The van der Waals surface area contributed by atoms with Crippen LogP contribution >= 0.6 is 11.9 Å². The van der Waals surface area contributed by atoms with Crippen LogP contribution in [0.25, 0.3) is 0 Å². The van der Waals surface area contributed by atoms with Crippen LogP contribution in [0.2, 0.25) is 0 Å². The van der Waals surface area contributed by atoms with E-state index in [2.05, 4.69) is 0 Å². The predicted molar refractivity (Wildman–Crippen MR) is 41.4 cm³/mol. The van der Waals surface area contributed by atoms with Crippen LogP contribution in [0, 0.1) is 0 Å². The van der Waals surface area contributed by atoms with Crippen LogP contribution in [0.3, 0.4) is 0 Å². The molecular formula is C6H10N2OS. The Kier molecular flexibility index (Phi) is 2.37. The maximum absolute atomic E-state index is 8.76. The highest BCUT2D eigenvalue weighted by atomic mass is 32.2. The molecule has 1 rings (SSSR count). The van der Waals surface area contributed by atoms with Crippen LogP contribution in [0.1, 0.15) is 5.69 Å². The third-order valence-corrected chi connectivity index (χ3v) is 2.11. The van der Waals surface area contributed by atoms with E-state index in [9.17, 15) is 0 Å². The lowest BCUT2D eigenvalue weighted by atomic mass is 10.5. The Bertz CT molecular complexity index is 200. The van der Waals surface area contributed by atoms with E-state index in [0.717, 1.165) is 10.7 Å². The minimum Gasteiger partial charge on any atom is -0.390 e. The van der Waals surface area contributed by atoms with E-state index in [0.29, 0.717) is 0 Å². The summed E-state index contributed by atoms with van der Waals surface area (Å²) in [6.45, 7) is 0.0665. The van der Waals surface area contributed by atoms with Gasteiger partial charge in [0.25, 0.3) is 0 Å². The zero-order valence-corrected chi connectivity index (χ0v) is 6.56. The van der Waals surface area contributed by atoms with Gasteiger partial charge in [0, 0.05) is 12.7 Å². The number of hydrogen-bond donors (Lipinski definition) is 2. The molecular weight excluding hydrogens is 148 g/mol. The van der Waals surface area contributed by atoms with E-state index in [1.807, 2.05) is 23.7 Å². The molecule has 0 aromatic carbocycles. The molecule has 0 atom stereocenters. The van der Waals surface area contributed by atoms with Gasteiger partial charge in [0.1, 0.15) is 0 Å². The highest BCUT2D eigenvalue weighted by Crippen LogP contribution is 2.14. The number of hydrogen-bond acceptors (Lipinski definition) is 3. The summed E-state index contributed by atoms with van der Waals surface area (Å²) < 4.78 is 1.87. The summed E-state index contributed by atoms with van der Waals surface area (Å²) in [6, 6.07) is 3.74. The lowest BCUT2D eigenvalue weighted by molar-refractivity contribution is 0.271. The molecule has 56 valence electrons. The molecule has 0 bridgehead atoms. The van der Waals surface area contributed by atoms with Crippen molar-refractivity contribution in [3.8, 4) is 0 Å². The van der Waals surface area contributed by atoms with E-state index in [-0.39, 0.29) is 6.61 Å². The number of rotatable bonds is 2. The largest absolute Gasteiger partial charge is 0.390 e.